The molecule has 0 aliphatic carbocycles. The highest BCUT2D eigenvalue weighted by Crippen LogP contribution is 2.42. The largest absolute Gasteiger partial charge is 0.508 e. The van der Waals surface area contributed by atoms with Crippen LogP contribution in [0.1, 0.15) is 5.56 Å². The molecular weight excluding hydrogens is 341 g/mol. The van der Waals surface area contributed by atoms with Crippen molar-refractivity contribution in [3.63, 3.8) is 0 Å². The quantitative estimate of drug-likeness (QED) is 0.566. The Hall–Kier alpha value is -1.27. The molecule has 19 heavy (non-hydrogen) atoms. The van der Waals surface area contributed by atoms with E-state index in [4.69, 9.17) is 0 Å². The maximum Gasteiger partial charge on any atom is 0.417 e. The number of hydrogen-bond donors (Lipinski definition) is 1. The topological polar surface area (TPSA) is 20.2 Å². The first-order valence-electron chi connectivity index (χ1n) is 5.28. The van der Waals surface area contributed by atoms with Crippen molar-refractivity contribution in [3.05, 3.63) is 40.4 Å². The van der Waals surface area contributed by atoms with Crippen molar-refractivity contribution in [2.75, 3.05) is 0 Å². The third-order valence-corrected chi connectivity index (χ3v) is 4.62. The van der Waals surface area contributed by atoms with Gasteiger partial charge in [0.1, 0.15) is 5.75 Å². The molecule has 0 fully saturated rings. The van der Waals surface area contributed by atoms with Crippen molar-refractivity contribution in [1.82, 2.24) is 0 Å². The molecule has 0 saturated heterocycles. The standard InChI is InChI=1S/C13H6BrF3OS/c14-10-5-12-8(4-9(10)13(15,16)17)7-2-1-6(18)3-11(7)19-12/h1-5,18H. The highest BCUT2D eigenvalue weighted by Gasteiger charge is 2.33. The van der Waals surface area contributed by atoms with E-state index in [0.717, 1.165) is 20.9 Å². The molecule has 6 heteroatoms. The number of halogens is 4. The van der Waals surface area contributed by atoms with E-state index in [1.165, 1.54) is 23.5 Å². The van der Waals surface area contributed by atoms with Crippen LogP contribution in [0.5, 0.6) is 5.75 Å². The van der Waals surface area contributed by atoms with Crippen LogP contribution in [-0.4, -0.2) is 5.11 Å². The van der Waals surface area contributed by atoms with Gasteiger partial charge in [0.2, 0.25) is 0 Å². The predicted octanol–water partition coefficient (Wildman–Crippen LogP) is 5.54. The third-order valence-electron chi connectivity index (χ3n) is 2.85. The van der Waals surface area contributed by atoms with Crippen molar-refractivity contribution in [3.8, 4) is 5.75 Å². The van der Waals surface area contributed by atoms with E-state index >= 15 is 0 Å². The number of alkyl halides is 3. The summed E-state index contributed by atoms with van der Waals surface area (Å²) in [6.07, 6.45) is -4.39. The molecule has 1 N–H and O–H groups in total. The fourth-order valence-corrected chi connectivity index (χ4v) is 3.88. The molecule has 1 nitrogen and oxygen atoms in total. The van der Waals surface area contributed by atoms with E-state index in [2.05, 4.69) is 15.9 Å². The van der Waals surface area contributed by atoms with Gasteiger partial charge in [-0.3, -0.25) is 0 Å². The van der Waals surface area contributed by atoms with Gasteiger partial charge in [0.15, 0.2) is 0 Å². The first-order chi connectivity index (χ1) is 8.86. The lowest BCUT2D eigenvalue weighted by atomic mass is 10.1. The van der Waals surface area contributed by atoms with Crippen LogP contribution < -0.4 is 0 Å². The minimum Gasteiger partial charge on any atom is -0.508 e. The second-order valence-electron chi connectivity index (χ2n) is 4.11. The van der Waals surface area contributed by atoms with Crippen molar-refractivity contribution in [1.29, 1.82) is 0 Å². The number of aromatic hydroxyl groups is 1. The average Bonchev–Trinajstić information content (AvgIpc) is 2.62. The molecule has 98 valence electrons. The van der Waals surface area contributed by atoms with Gasteiger partial charge in [-0.1, -0.05) is 15.9 Å². The van der Waals surface area contributed by atoms with Crippen LogP contribution in [0.15, 0.2) is 34.8 Å². The van der Waals surface area contributed by atoms with Gasteiger partial charge in [-0.2, -0.15) is 13.2 Å². The summed E-state index contributed by atoms with van der Waals surface area (Å²) in [5, 5.41) is 10.7. The molecule has 0 atom stereocenters. The third kappa shape index (κ3) is 2.08. The molecule has 1 heterocycles. The first-order valence-corrected chi connectivity index (χ1v) is 6.89. The van der Waals surface area contributed by atoms with E-state index < -0.39 is 11.7 Å². The van der Waals surface area contributed by atoms with Crippen LogP contribution in [0.25, 0.3) is 20.2 Å². The molecule has 0 amide bonds. The van der Waals surface area contributed by atoms with E-state index in [1.807, 2.05) is 0 Å². The van der Waals surface area contributed by atoms with Crippen LogP contribution in [0.3, 0.4) is 0 Å². The van der Waals surface area contributed by atoms with Gasteiger partial charge >= 0.3 is 6.18 Å². The molecule has 0 radical (unpaired) electrons. The van der Waals surface area contributed by atoms with Crippen molar-refractivity contribution in [2.24, 2.45) is 0 Å². The lowest BCUT2D eigenvalue weighted by Gasteiger charge is -2.09. The molecule has 0 spiro atoms. The van der Waals surface area contributed by atoms with Crippen molar-refractivity contribution < 1.29 is 18.3 Å². The zero-order valence-corrected chi connectivity index (χ0v) is 11.7. The summed E-state index contributed by atoms with van der Waals surface area (Å²) in [6, 6.07) is 7.29. The van der Waals surface area contributed by atoms with E-state index in [9.17, 15) is 18.3 Å². The Labute approximate surface area is 118 Å². The Morgan fingerprint density at radius 2 is 1.68 bits per heavy atom. The lowest BCUT2D eigenvalue weighted by molar-refractivity contribution is -0.138. The summed E-state index contributed by atoms with van der Waals surface area (Å²) in [5.41, 5.74) is -0.687. The number of phenols is 1. The fraction of sp³-hybridized carbons (Fsp3) is 0.0769. The summed E-state index contributed by atoms with van der Waals surface area (Å²) in [6.45, 7) is 0. The summed E-state index contributed by atoms with van der Waals surface area (Å²) in [7, 11) is 0. The Balaban J connectivity index is 2.41. The van der Waals surface area contributed by atoms with E-state index in [1.54, 1.807) is 12.1 Å². The van der Waals surface area contributed by atoms with Crippen LogP contribution in [0.2, 0.25) is 0 Å². The van der Waals surface area contributed by atoms with Crippen LogP contribution in [0.4, 0.5) is 13.2 Å². The van der Waals surface area contributed by atoms with Crippen molar-refractivity contribution >= 4 is 47.4 Å². The molecule has 0 aliphatic rings. The highest BCUT2D eigenvalue weighted by molar-refractivity contribution is 9.10. The Kier molecular flexibility index (Phi) is 2.76. The van der Waals surface area contributed by atoms with E-state index in [0.29, 0.717) is 5.39 Å². The molecular formula is C13H6BrF3OS. The molecule has 3 rings (SSSR count). The van der Waals surface area contributed by atoms with Gasteiger partial charge in [0.05, 0.1) is 5.56 Å². The number of phenolic OH excluding ortho intramolecular Hbond substituents is 1. The molecule has 0 saturated carbocycles. The number of rotatable bonds is 0. The Bertz CT molecular complexity index is 792. The maximum absolute atomic E-state index is 12.9. The predicted molar refractivity (Wildman–Crippen MR) is 73.7 cm³/mol. The molecule has 2 aromatic carbocycles. The monoisotopic (exact) mass is 346 g/mol. The van der Waals surface area contributed by atoms with Gasteiger partial charge in [0, 0.05) is 24.6 Å². The lowest BCUT2D eigenvalue weighted by Crippen LogP contribution is -2.05. The fourth-order valence-electron chi connectivity index (χ4n) is 2.00. The molecule has 0 aliphatic heterocycles. The number of fused-ring (bicyclic) bond motifs is 3. The summed E-state index contributed by atoms with van der Waals surface area (Å²) in [4.78, 5) is 0. The number of thiophene rings is 1. The first kappa shape index (κ1) is 12.7. The zero-order chi connectivity index (χ0) is 13.8. The second kappa shape index (κ2) is 4.11. The average molecular weight is 347 g/mol. The minimum atomic E-state index is -4.39. The molecule has 3 aromatic rings. The summed E-state index contributed by atoms with van der Waals surface area (Å²) >= 11 is 4.31. The van der Waals surface area contributed by atoms with Gasteiger partial charge < -0.3 is 5.11 Å². The highest BCUT2D eigenvalue weighted by atomic mass is 79.9. The van der Waals surface area contributed by atoms with Crippen molar-refractivity contribution in [2.45, 2.75) is 6.18 Å². The van der Waals surface area contributed by atoms with Gasteiger partial charge in [-0.15, -0.1) is 11.3 Å². The van der Waals surface area contributed by atoms with Crippen LogP contribution >= 0.6 is 27.3 Å². The van der Waals surface area contributed by atoms with Gasteiger partial charge in [-0.25, -0.2) is 0 Å². The van der Waals surface area contributed by atoms with Gasteiger partial charge in [-0.05, 0) is 30.3 Å². The smallest absolute Gasteiger partial charge is 0.417 e. The zero-order valence-electron chi connectivity index (χ0n) is 9.25. The Morgan fingerprint density at radius 3 is 2.37 bits per heavy atom. The second-order valence-corrected chi connectivity index (χ2v) is 6.05. The number of benzene rings is 2. The SMILES string of the molecule is Oc1ccc2c(c1)sc1cc(Br)c(C(F)(F)F)cc12. The maximum atomic E-state index is 12.9. The molecule has 1 aromatic heterocycles. The normalized spacial score (nSPS) is 12.4. The minimum absolute atomic E-state index is 0.0308. The Morgan fingerprint density at radius 1 is 1.00 bits per heavy atom. The van der Waals surface area contributed by atoms with Crippen LogP contribution in [0, 0.1) is 0 Å². The number of hydrogen-bond acceptors (Lipinski definition) is 2. The molecule has 0 unspecified atom stereocenters. The summed E-state index contributed by atoms with van der Waals surface area (Å²) in [5.74, 6) is 0.106. The summed E-state index contributed by atoms with van der Waals surface area (Å²) < 4.78 is 40.2. The molecule has 0 bridgehead atoms. The van der Waals surface area contributed by atoms with Crippen LogP contribution in [-0.2, 0) is 6.18 Å². The van der Waals surface area contributed by atoms with E-state index in [-0.39, 0.29) is 10.2 Å². The van der Waals surface area contributed by atoms with Gasteiger partial charge in [0.25, 0.3) is 0 Å².